The van der Waals surface area contributed by atoms with Crippen molar-refractivity contribution in [1.82, 2.24) is 5.32 Å². The smallest absolute Gasteiger partial charge is 0.221 e. The van der Waals surface area contributed by atoms with Crippen LogP contribution in [-0.4, -0.2) is 11.9 Å². The molecule has 0 aliphatic heterocycles. The average Bonchev–Trinajstić information content (AvgIpc) is 2.36. The molecule has 1 aromatic rings. The molecule has 0 aliphatic rings. The third-order valence-electron chi connectivity index (χ3n) is 3.25. The van der Waals surface area contributed by atoms with E-state index in [1.807, 2.05) is 26.0 Å². The number of nitrogens with two attached hydrogens (primary N) is 1. The van der Waals surface area contributed by atoms with Gasteiger partial charge in [-0.1, -0.05) is 45.0 Å². The first-order valence-corrected chi connectivity index (χ1v) is 6.63. The molecule has 3 nitrogen and oxygen atoms in total. The molecule has 3 N–H and O–H groups in total. The van der Waals surface area contributed by atoms with E-state index < -0.39 is 0 Å². The van der Waals surface area contributed by atoms with Crippen LogP contribution in [0.1, 0.15) is 38.3 Å². The number of nitrogens with one attached hydrogen (secondary N) is 1. The van der Waals surface area contributed by atoms with E-state index in [4.69, 9.17) is 5.73 Å². The van der Waals surface area contributed by atoms with Crippen LogP contribution in [0.3, 0.4) is 0 Å². The number of carbonyl (C=O) groups excluding carboxylic acids is 1. The van der Waals surface area contributed by atoms with Gasteiger partial charge in [0.15, 0.2) is 0 Å². The first-order valence-electron chi connectivity index (χ1n) is 6.63. The van der Waals surface area contributed by atoms with E-state index in [9.17, 15) is 4.79 Å². The Labute approximate surface area is 110 Å². The van der Waals surface area contributed by atoms with Crippen LogP contribution in [-0.2, 0) is 17.8 Å². The van der Waals surface area contributed by atoms with E-state index in [1.165, 1.54) is 11.1 Å². The van der Waals surface area contributed by atoms with Crippen molar-refractivity contribution in [1.29, 1.82) is 0 Å². The number of rotatable bonds is 6. The molecule has 0 radical (unpaired) electrons. The quantitative estimate of drug-likeness (QED) is 0.811. The maximum absolute atomic E-state index is 11.7. The molecular weight excluding hydrogens is 224 g/mol. The second-order valence-electron chi connectivity index (χ2n) is 5.01. The van der Waals surface area contributed by atoms with Gasteiger partial charge in [-0.2, -0.15) is 0 Å². The fourth-order valence-electron chi connectivity index (χ4n) is 1.79. The van der Waals surface area contributed by atoms with E-state index in [-0.39, 0.29) is 11.9 Å². The largest absolute Gasteiger partial charge is 0.352 e. The van der Waals surface area contributed by atoms with Crippen molar-refractivity contribution in [2.75, 3.05) is 0 Å². The lowest BCUT2D eigenvalue weighted by Gasteiger charge is -2.15. The molecule has 0 saturated carbocycles. The zero-order valence-corrected chi connectivity index (χ0v) is 11.6. The van der Waals surface area contributed by atoms with Gasteiger partial charge >= 0.3 is 0 Å². The number of carbonyl (C=O) groups is 1. The lowest BCUT2D eigenvalue weighted by atomic mass is 10.0. The maximum Gasteiger partial charge on any atom is 0.221 e. The SMILES string of the molecule is CCc1ccccc1CNC(=O)CC(N)C(C)C. The third kappa shape index (κ3) is 4.49. The van der Waals surface area contributed by atoms with Crippen LogP contribution in [0.5, 0.6) is 0 Å². The minimum Gasteiger partial charge on any atom is -0.352 e. The Kier molecular flexibility index (Phi) is 5.86. The predicted molar refractivity (Wildman–Crippen MR) is 75.1 cm³/mol. The minimum absolute atomic E-state index is 0.0297. The molecular formula is C15H24N2O. The monoisotopic (exact) mass is 248 g/mol. The number of aryl methyl sites for hydroxylation is 1. The summed E-state index contributed by atoms with van der Waals surface area (Å²) in [4.78, 5) is 11.7. The Balaban J connectivity index is 2.47. The van der Waals surface area contributed by atoms with Crippen molar-refractivity contribution >= 4 is 5.91 Å². The minimum atomic E-state index is -0.0635. The number of hydrogen-bond donors (Lipinski definition) is 2. The second-order valence-corrected chi connectivity index (χ2v) is 5.01. The Morgan fingerprint density at radius 3 is 2.44 bits per heavy atom. The van der Waals surface area contributed by atoms with Gasteiger partial charge in [-0.3, -0.25) is 4.79 Å². The van der Waals surface area contributed by atoms with Gasteiger partial charge in [0, 0.05) is 19.0 Å². The molecule has 0 saturated heterocycles. The molecule has 1 atom stereocenters. The zero-order valence-electron chi connectivity index (χ0n) is 11.6. The van der Waals surface area contributed by atoms with Crippen molar-refractivity contribution in [3.05, 3.63) is 35.4 Å². The summed E-state index contributed by atoms with van der Waals surface area (Å²) in [5, 5.41) is 2.94. The van der Waals surface area contributed by atoms with Crippen LogP contribution in [0.15, 0.2) is 24.3 Å². The summed E-state index contributed by atoms with van der Waals surface area (Å²) in [5.41, 5.74) is 8.35. The molecule has 0 fully saturated rings. The standard InChI is InChI=1S/C15H24N2O/c1-4-12-7-5-6-8-13(12)10-17-15(18)9-14(16)11(2)3/h5-8,11,14H,4,9-10,16H2,1-3H3,(H,17,18). The van der Waals surface area contributed by atoms with Crippen LogP contribution in [0.4, 0.5) is 0 Å². The molecule has 100 valence electrons. The molecule has 18 heavy (non-hydrogen) atoms. The Bertz CT molecular complexity index is 388. The van der Waals surface area contributed by atoms with E-state index >= 15 is 0 Å². The highest BCUT2D eigenvalue weighted by Gasteiger charge is 2.12. The lowest BCUT2D eigenvalue weighted by Crippen LogP contribution is -2.34. The van der Waals surface area contributed by atoms with Crippen LogP contribution in [0.2, 0.25) is 0 Å². The number of benzene rings is 1. The lowest BCUT2D eigenvalue weighted by molar-refractivity contribution is -0.121. The second kappa shape index (κ2) is 7.17. The predicted octanol–water partition coefficient (Wildman–Crippen LogP) is 2.24. The van der Waals surface area contributed by atoms with Crippen molar-refractivity contribution in [2.24, 2.45) is 11.7 Å². The van der Waals surface area contributed by atoms with Gasteiger partial charge in [-0.05, 0) is 23.5 Å². The van der Waals surface area contributed by atoms with E-state index in [0.29, 0.717) is 18.9 Å². The Morgan fingerprint density at radius 1 is 1.28 bits per heavy atom. The van der Waals surface area contributed by atoms with Gasteiger partial charge < -0.3 is 11.1 Å². The molecule has 0 aromatic heterocycles. The first kappa shape index (κ1) is 14.7. The van der Waals surface area contributed by atoms with Crippen molar-refractivity contribution < 1.29 is 4.79 Å². The highest BCUT2D eigenvalue weighted by molar-refractivity contribution is 5.76. The maximum atomic E-state index is 11.7. The summed E-state index contributed by atoms with van der Waals surface area (Å²) in [5.74, 6) is 0.362. The summed E-state index contributed by atoms with van der Waals surface area (Å²) in [7, 11) is 0. The van der Waals surface area contributed by atoms with Crippen molar-refractivity contribution in [2.45, 2.75) is 46.2 Å². The molecule has 0 spiro atoms. The number of amides is 1. The normalized spacial score (nSPS) is 12.5. The average molecular weight is 248 g/mol. The van der Waals surface area contributed by atoms with Gasteiger partial charge in [-0.25, -0.2) is 0 Å². The summed E-state index contributed by atoms with van der Waals surface area (Å²) >= 11 is 0. The van der Waals surface area contributed by atoms with Gasteiger partial charge in [0.2, 0.25) is 5.91 Å². The Morgan fingerprint density at radius 2 is 1.89 bits per heavy atom. The molecule has 1 aromatic carbocycles. The van der Waals surface area contributed by atoms with E-state index in [0.717, 1.165) is 6.42 Å². The molecule has 0 bridgehead atoms. The molecule has 1 amide bonds. The van der Waals surface area contributed by atoms with Crippen molar-refractivity contribution in [3.8, 4) is 0 Å². The van der Waals surface area contributed by atoms with Gasteiger partial charge in [0.05, 0.1) is 0 Å². The molecule has 3 heteroatoms. The molecule has 0 aliphatic carbocycles. The highest BCUT2D eigenvalue weighted by atomic mass is 16.1. The van der Waals surface area contributed by atoms with Crippen LogP contribution in [0, 0.1) is 5.92 Å². The third-order valence-corrected chi connectivity index (χ3v) is 3.25. The summed E-state index contributed by atoms with van der Waals surface area (Å²) in [6.45, 7) is 6.78. The van der Waals surface area contributed by atoms with Gasteiger partial charge in [0.25, 0.3) is 0 Å². The zero-order chi connectivity index (χ0) is 13.5. The first-order chi connectivity index (χ1) is 8.54. The summed E-state index contributed by atoms with van der Waals surface area (Å²) < 4.78 is 0. The van der Waals surface area contributed by atoms with Crippen molar-refractivity contribution in [3.63, 3.8) is 0 Å². The Hall–Kier alpha value is -1.35. The molecule has 1 rings (SSSR count). The van der Waals surface area contributed by atoms with Crippen LogP contribution in [0.25, 0.3) is 0 Å². The summed E-state index contributed by atoms with van der Waals surface area (Å²) in [6, 6.07) is 8.12. The van der Waals surface area contributed by atoms with Gasteiger partial charge in [0.1, 0.15) is 0 Å². The topological polar surface area (TPSA) is 55.1 Å². The molecule has 1 unspecified atom stereocenters. The fraction of sp³-hybridized carbons (Fsp3) is 0.533. The van der Waals surface area contributed by atoms with Gasteiger partial charge in [-0.15, -0.1) is 0 Å². The highest BCUT2D eigenvalue weighted by Crippen LogP contribution is 2.09. The molecule has 0 heterocycles. The van der Waals surface area contributed by atoms with Crippen LogP contribution < -0.4 is 11.1 Å². The fourth-order valence-corrected chi connectivity index (χ4v) is 1.79. The number of hydrogen-bond acceptors (Lipinski definition) is 2. The summed E-state index contributed by atoms with van der Waals surface area (Å²) in [6.07, 6.45) is 1.38. The van der Waals surface area contributed by atoms with E-state index in [2.05, 4.69) is 24.4 Å². The van der Waals surface area contributed by atoms with Crippen LogP contribution >= 0.6 is 0 Å². The van der Waals surface area contributed by atoms with E-state index in [1.54, 1.807) is 0 Å².